The van der Waals surface area contributed by atoms with Crippen LogP contribution in [0.1, 0.15) is 5.69 Å². The van der Waals surface area contributed by atoms with Crippen molar-refractivity contribution in [2.45, 2.75) is 6.92 Å². The van der Waals surface area contributed by atoms with Gasteiger partial charge >= 0.3 is 0 Å². The number of benzene rings is 2. The van der Waals surface area contributed by atoms with Gasteiger partial charge in [0.05, 0.1) is 17.6 Å². The standard InChI is InChI=1S/C21H16FN7/c1-14-17(13-23-28(14)18-10-6-5-9-16(18)22)24-19-11-12-20-25-26-21(29(20)27-19)15-7-3-2-4-8-15/h2-13H,1H3,(H,24,27). The molecule has 1 N–H and O–H groups in total. The zero-order valence-electron chi connectivity index (χ0n) is 15.5. The van der Waals surface area contributed by atoms with Crippen molar-refractivity contribution >= 4 is 17.2 Å². The van der Waals surface area contributed by atoms with Gasteiger partial charge in [-0.05, 0) is 31.2 Å². The van der Waals surface area contributed by atoms with Crippen LogP contribution in [0.2, 0.25) is 0 Å². The third-order valence-corrected chi connectivity index (χ3v) is 4.65. The van der Waals surface area contributed by atoms with E-state index in [0.29, 0.717) is 23.0 Å². The average molecular weight is 385 g/mol. The summed E-state index contributed by atoms with van der Waals surface area (Å²) >= 11 is 0. The van der Waals surface area contributed by atoms with E-state index in [1.807, 2.05) is 49.4 Å². The average Bonchev–Trinajstić information content (AvgIpc) is 3.33. The normalized spacial score (nSPS) is 11.1. The molecule has 0 atom stereocenters. The van der Waals surface area contributed by atoms with Crippen LogP contribution in [0.15, 0.2) is 72.9 Å². The van der Waals surface area contributed by atoms with E-state index >= 15 is 0 Å². The maximum atomic E-state index is 14.1. The summed E-state index contributed by atoms with van der Waals surface area (Å²) in [6.07, 6.45) is 1.65. The molecule has 29 heavy (non-hydrogen) atoms. The second-order valence-electron chi connectivity index (χ2n) is 6.51. The monoisotopic (exact) mass is 385 g/mol. The maximum Gasteiger partial charge on any atom is 0.185 e. The van der Waals surface area contributed by atoms with Gasteiger partial charge in [-0.25, -0.2) is 9.07 Å². The van der Waals surface area contributed by atoms with Crippen molar-refractivity contribution in [2.24, 2.45) is 0 Å². The third-order valence-electron chi connectivity index (χ3n) is 4.65. The SMILES string of the molecule is Cc1c(Nc2ccc3nnc(-c4ccccc4)n3n2)cnn1-c1ccccc1F. The van der Waals surface area contributed by atoms with Gasteiger partial charge in [0.25, 0.3) is 0 Å². The number of rotatable bonds is 4. The van der Waals surface area contributed by atoms with Gasteiger partial charge in [0.1, 0.15) is 11.5 Å². The molecular formula is C21H16FN7. The van der Waals surface area contributed by atoms with Gasteiger partial charge < -0.3 is 5.32 Å². The first kappa shape index (κ1) is 17.1. The molecule has 5 rings (SSSR count). The van der Waals surface area contributed by atoms with Crippen LogP contribution in [0, 0.1) is 12.7 Å². The van der Waals surface area contributed by atoms with Gasteiger partial charge in [0, 0.05) is 5.56 Å². The van der Waals surface area contributed by atoms with E-state index in [1.54, 1.807) is 33.6 Å². The van der Waals surface area contributed by atoms with Gasteiger partial charge in [-0.1, -0.05) is 42.5 Å². The zero-order chi connectivity index (χ0) is 19.8. The summed E-state index contributed by atoms with van der Waals surface area (Å²) in [5, 5.41) is 20.6. The quantitative estimate of drug-likeness (QED) is 0.503. The van der Waals surface area contributed by atoms with Gasteiger partial charge in [-0.2, -0.15) is 9.61 Å². The van der Waals surface area contributed by atoms with Crippen LogP contribution in [-0.4, -0.2) is 29.6 Å². The molecule has 0 fully saturated rings. The van der Waals surface area contributed by atoms with Crippen molar-refractivity contribution in [2.75, 3.05) is 5.32 Å². The highest BCUT2D eigenvalue weighted by molar-refractivity contribution is 5.62. The van der Waals surface area contributed by atoms with Crippen LogP contribution in [0.5, 0.6) is 0 Å². The lowest BCUT2D eigenvalue weighted by molar-refractivity contribution is 0.608. The topological polar surface area (TPSA) is 72.9 Å². The Labute approximate surface area is 165 Å². The predicted molar refractivity (Wildman–Crippen MR) is 108 cm³/mol. The minimum Gasteiger partial charge on any atom is -0.336 e. The molecular weight excluding hydrogens is 369 g/mol. The number of para-hydroxylation sites is 1. The highest BCUT2D eigenvalue weighted by Gasteiger charge is 2.13. The first-order valence-electron chi connectivity index (χ1n) is 9.05. The largest absolute Gasteiger partial charge is 0.336 e. The molecule has 0 bridgehead atoms. The number of hydrogen-bond donors (Lipinski definition) is 1. The summed E-state index contributed by atoms with van der Waals surface area (Å²) in [5.41, 5.74) is 3.46. The van der Waals surface area contributed by atoms with Gasteiger partial charge in [-0.15, -0.1) is 15.3 Å². The minimum absolute atomic E-state index is 0.332. The molecule has 0 aliphatic rings. The predicted octanol–water partition coefficient (Wildman–Crippen LogP) is 4.17. The highest BCUT2D eigenvalue weighted by atomic mass is 19.1. The fourth-order valence-electron chi connectivity index (χ4n) is 3.16. The summed E-state index contributed by atoms with van der Waals surface area (Å²) < 4.78 is 17.4. The smallest absolute Gasteiger partial charge is 0.185 e. The van der Waals surface area contributed by atoms with E-state index in [9.17, 15) is 4.39 Å². The van der Waals surface area contributed by atoms with E-state index in [4.69, 9.17) is 0 Å². The summed E-state index contributed by atoms with van der Waals surface area (Å²) in [5.74, 6) is 0.926. The fraction of sp³-hybridized carbons (Fsp3) is 0.0476. The minimum atomic E-state index is -0.332. The van der Waals surface area contributed by atoms with Crippen molar-refractivity contribution in [1.29, 1.82) is 0 Å². The highest BCUT2D eigenvalue weighted by Crippen LogP contribution is 2.24. The lowest BCUT2D eigenvalue weighted by Gasteiger charge is -2.08. The summed E-state index contributed by atoms with van der Waals surface area (Å²) in [4.78, 5) is 0. The molecule has 8 heteroatoms. The van der Waals surface area contributed by atoms with E-state index < -0.39 is 0 Å². The number of hydrogen-bond acceptors (Lipinski definition) is 5. The zero-order valence-corrected chi connectivity index (χ0v) is 15.5. The fourth-order valence-corrected chi connectivity index (χ4v) is 3.16. The molecule has 0 amide bonds. The summed E-state index contributed by atoms with van der Waals surface area (Å²) in [7, 11) is 0. The van der Waals surface area contributed by atoms with Crippen molar-refractivity contribution in [3.63, 3.8) is 0 Å². The van der Waals surface area contributed by atoms with Gasteiger partial charge in [-0.3, -0.25) is 0 Å². The van der Waals surface area contributed by atoms with Crippen molar-refractivity contribution in [3.8, 4) is 17.1 Å². The second-order valence-corrected chi connectivity index (χ2v) is 6.51. The number of nitrogens with one attached hydrogen (secondary N) is 1. The molecule has 0 saturated carbocycles. The van der Waals surface area contributed by atoms with Crippen LogP contribution in [0.4, 0.5) is 15.9 Å². The Bertz CT molecular complexity index is 1310. The lowest BCUT2D eigenvalue weighted by atomic mass is 10.2. The van der Waals surface area contributed by atoms with E-state index in [2.05, 4.69) is 25.7 Å². The van der Waals surface area contributed by atoms with Crippen LogP contribution < -0.4 is 5.32 Å². The Kier molecular flexibility index (Phi) is 4.02. The first-order valence-corrected chi connectivity index (χ1v) is 9.05. The van der Waals surface area contributed by atoms with Crippen LogP contribution in [-0.2, 0) is 0 Å². The lowest BCUT2D eigenvalue weighted by Crippen LogP contribution is -2.03. The number of anilines is 2. The number of fused-ring (bicyclic) bond motifs is 1. The molecule has 7 nitrogen and oxygen atoms in total. The number of nitrogens with zero attached hydrogens (tertiary/aromatic N) is 6. The summed E-state index contributed by atoms with van der Waals surface area (Å²) in [6.45, 7) is 1.87. The Balaban J connectivity index is 1.51. The molecule has 3 heterocycles. The molecule has 0 radical (unpaired) electrons. The number of halogens is 1. The van der Waals surface area contributed by atoms with Gasteiger partial charge in [0.15, 0.2) is 17.3 Å². The maximum absolute atomic E-state index is 14.1. The van der Waals surface area contributed by atoms with Crippen LogP contribution in [0.3, 0.4) is 0 Å². The van der Waals surface area contributed by atoms with Gasteiger partial charge in [0.2, 0.25) is 0 Å². The Morgan fingerprint density at radius 3 is 2.52 bits per heavy atom. The molecule has 3 aromatic heterocycles. The molecule has 0 aliphatic carbocycles. The van der Waals surface area contributed by atoms with E-state index in [0.717, 1.165) is 16.9 Å². The van der Waals surface area contributed by atoms with Crippen molar-refractivity contribution in [3.05, 3.63) is 84.4 Å². The summed E-state index contributed by atoms with van der Waals surface area (Å²) in [6, 6.07) is 19.9. The van der Waals surface area contributed by atoms with Crippen molar-refractivity contribution in [1.82, 2.24) is 29.6 Å². The second kappa shape index (κ2) is 6.83. The molecule has 2 aromatic carbocycles. The Morgan fingerprint density at radius 2 is 1.69 bits per heavy atom. The first-order chi connectivity index (χ1) is 14.2. The molecule has 0 aliphatic heterocycles. The van der Waals surface area contributed by atoms with Crippen LogP contribution >= 0.6 is 0 Å². The van der Waals surface area contributed by atoms with Crippen molar-refractivity contribution < 1.29 is 4.39 Å². The molecule has 0 saturated heterocycles. The third kappa shape index (κ3) is 3.00. The Morgan fingerprint density at radius 1 is 0.897 bits per heavy atom. The molecule has 0 unspecified atom stereocenters. The van der Waals surface area contributed by atoms with E-state index in [-0.39, 0.29) is 5.82 Å². The molecule has 0 spiro atoms. The molecule has 5 aromatic rings. The molecule has 142 valence electrons. The van der Waals surface area contributed by atoms with Crippen LogP contribution in [0.25, 0.3) is 22.7 Å². The Hall–Kier alpha value is -4.07. The number of aromatic nitrogens is 6. The van der Waals surface area contributed by atoms with E-state index in [1.165, 1.54) is 6.07 Å².